The van der Waals surface area contributed by atoms with Crippen molar-refractivity contribution in [3.63, 3.8) is 0 Å². The molecule has 0 N–H and O–H groups in total. The van der Waals surface area contributed by atoms with Gasteiger partial charge in [-0.15, -0.1) is 0 Å². The Bertz CT molecular complexity index is 119. The van der Waals surface area contributed by atoms with Gasteiger partial charge < -0.3 is 33.4 Å². The second kappa shape index (κ2) is 13.2. The van der Waals surface area contributed by atoms with Crippen LogP contribution in [0.1, 0.15) is 44.9 Å². The van der Waals surface area contributed by atoms with Gasteiger partial charge in [0.25, 0.3) is 0 Å². The van der Waals surface area contributed by atoms with E-state index in [1.54, 1.807) is 0 Å². The van der Waals surface area contributed by atoms with E-state index >= 15 is 0 Å². The van der Waals surface area contributed by atoms with E-state index in [1.165, 1.54) is 25.7 Å². The minimum atomic E-state index is 0. The van der Waals surface area contributed by atoms with Gasteiger partial charge >= 0.3 is 23.1 Å². The Hall–Kier alpha value is 1.17. The van der Waals surface area contributed by atoms with Crippen LogP contribution < -0.4 is 17.0 Å². The predicted molar refractivity (Wildman–Crippen MR) is 59.1 cm³/mol. The van der Waals surface area contributed by atoms with Crippen LogP contribution in [0.5, 0.6) is 0 Å². The zero-order valence-electron chi connectivity index (χ0n) is 9.55. The summed E-state index contributed by atoms with van der Waals surface area (Å²) in [5.41, 5.74) is 0. The van der Waals surface area contributed by atoms with Gasteiger partial charge in [0.05, 0.1) is 0 Å². The van der Waals surface area contributed by atoms with E-state index in [2.05, 4.69) is 6.92 Å². The minimum absolute atomic E-state index is 0. The van der Waals surface area contributed by atoms with Gasteiger partial charge in [-0.05, 0) is 25.7 Å². The van der Waals surface area contributed by atoms with Crippen molar-refractivity contribution in [2.45, 2.75) is 51.2 Å². The second-order valence-electron chi connectivity index (χ2n) is 3.58. The molecule has 4 heteroatoms. The van der Waals surface area contributed by atoms with Crippen LogP contribution in [0.15, 0.2) is 0 Å². The average molecular weight is 289 g/mol. The first-order chi connectivity index (χ1) is 6.43. The molecule has 1 heterocycles. The topological polar surface area (TPSA) is 18.5 Å². The summed E-state index contributed by atoms with van der Waals surface area (Å²) in [6.07, 6.45) is 8.26. The zero-order valence-corrected chi connectivity index (χ0v) is 12.6. The quantitative estimate of drug-likeness (QED) is 0.375. The standard InChI is InChI=1S/C11H21O2.BrH.Mg/c1-2-3-4-6-9-12-11-8-5-7-10-13-11;;/h11H,1-10H2;1H;/q-1;;+2/p-1. The minimum Gasteiger partial charge on any atom is -1.00 e. The van der Waals surface area contributed by atoms with E-state index in [1.807, 2.05) is 0 Å². The fourth-order valence-electron chi connectivity index (χ4n) is 1.51. The van der Waals surface area contributed by atoms with Crippen molar-refractivity contribution in [1.29, 1.82) is 0 Å². The van der Waals surface area contributed by atoms with Crippen molar-refractivity contribution in [2.24, 2.45) is 0 Å². The molecule has 1 fully saturated rings. The molecular formula is C11H21BrMgO2. The summed E-state index contributed by atoms with van der Waals surface area (Å²) in [4.78, 5) is 0. The Labute approximate surface area is 120 Å². The van der Waals surface area contributed by atoms with Crippen LogP contribution in [0.2, 0.25) is 0 Å². The van der Waals surface area contributed by atoms with Gasteiger partial charge in [0.1, 0.15) is 0 Å². The number of unbranched alkanes of at least 4 members (excludes halogenated alkanes) is 3. The van der Waals surface area contributed by atoms with Crippen molar-refractivity contribution in [3.8, 4) is 0 Å². The number of hydrogen-bond donors (Lipinski definition) is 0. The molecule has 1 saturated heterocycles. The van der Waals surface area contributed by atoms with E-state index in [0.717, 1.165) is 32.5 Å². The molecule has 0 radical (unpaired) electrons. The van der Waals surface area contributed by atoms with E-state index in [9.17, 15) is 0 Å². The normalized spacial score (nSPS) is 20.2. The summed E-state index contributed by atoms with van der Waals surface area (Å²) in [5, 5.41) is 0. The Balaban J connectivity index is 0. The number of halogens is 1. The molecule has 0 aliphatic carbocycles. The molecule has 0 aromatic heterocycles. The maximum absolute atomic E-state index is 5.59. The predicted octanol–water partition coefficient (Wildman–Crippen LogP) is -0.453. The maximum Gasteiger partial charge on any atom is 2.00 e. The summed E-state index contributed by atoms with van der Waals surface area (Å²) in [7, 11) is 0. The zero-order chi connectivity index (χ0) is 9.36. The third kappa shape index (κ3) is 10.1. The average Bonchev–Trinajstić information content (AvgIpc) is 2.19. The van der Waals surface area contributed by atoms with E-state index < -0.39 is 0 Å². The molecule has 0 aromatic rings. The molecule has 1 unspecified atom stereocenters. The molecular weight excluding hydrogens is 268 g/mol. The Kier molecular flexibility index (Phi) is 16.3. The molecule has 0 bridgehead atoms. The van der Waals surface area contributed by atoms with Gasteiger partial charge in [-0.1, -0.05) is 12.8 Å². The van der Waals surface area contributed by atoms with Crippen LogP contribution in [0.4, 0.5) is 0 Å². The van der Waals surface area contributed by atoms with Crippen LogP contribution in [-0.2, 0) is 9.47 Å². The Morgan fingerprint density at radius 1 is 1.20 bits per heavy atom. The third-order valence-electron chi connectivity index (χ3n) is 2.34. The van der Waals surface area contributed by atoms with E-state index in [-0.39, 0.29) is 46.3 Å². The Morgan fingerprint density at radius 2 is 2.00 bits per heavy atom. The van der Waals surface area contributed by atoms with Crippen LogP contribution >= 0.6 is 0 Å². The molecule has 1 aliphatic rings. The van der Waals surface area contributed by atoms with Gasteiger partial charge in [-0.25, -0.2) is 0 Å². The second-order valence-corrected chi connectivity index (χ2v) is 3.58. The van der Waals surface area contributed by atoms with Crippen molar-refractivity contribution in [3.05, 3.63) is 6.92 Å². The van der Waals surface area contributed by atoms with E-state index in [4.69, 9.17) is 9.47 Å². The Morgan fingerprint density at radius 3 is 2.60 bits per heavy atom. The largest absolute Gasteiger partial charge is 2.00 e. The van der Waals surface area contributed by atoms with Crippen LogP contribution in [0.25, 0.3) is 0 Å². The van der Waals surface area contributed by atoms with Crippen molar-refractivity contribution < 1.29 is 26.5 Å². The van der Waals surface area contributed by atoms with Crippen LogP contribution in [0, 0.1) is 6.92 Å². The summed E-state index contributed by atoms with van der Waals surface area (Å²) >= 11 is 0. The first-order valence-electron chi connectivity index (χ1n) is 5.46. The number of rotatable bonds is 6. The molecule has 1 aliphatic heterocycles. The van der Waals surface area contributed by atoms with Crippen molar-refractivity contribution >= 4 is 23.1 Å². The molecule has 0 aromatic carbocycles. The summed E-state index contributed by atoms with van der Waals surface area (Å²) < 4.78 is 11.0. The van der Waals surface area contributed by atoms with Crippen molar-refractivity contribution in [2.75, 3.05) is 13.2 Å². The molecule has 0 amide bonds. The third-order valence-corrected chi connectivity index (χ3v) is 2.34. The maximum atomic E-state index is 5.59. The smallest absolute Gasteiger partial charge is 1.00 e. The fraction of sp³-hybridized carbons (Fsp3) is 0.909. The monoisotopic (exact) mass is 288 g/mol. The first-order valence-corrected chi connectivity index (χ1v) is 5.46. The van der Waals surface area contributed by atoms with Gasteiger partial charge in [0, 0.05) is 13.2 Å². The van der Waals surface area contributed by atoms with Crippen LogP contribution in [0.3, 0.4) is 0 Å². The molecule has 1 rings (SSSR count). The summed E-state index contributed by atoms with van der Waals surface area (Å²) in [6, 6.07) is 0. The number of hydrogen-bond acceptors (Lipinski definition) is 2. The fourth-order valence-corrected chi connectivity index (χ4v) is 1.51. The van der Waals surface area contributed by atoms with E-state index in [0.29, 0.717) is 0 Å². The summed E-state index contributed by atoms with van der Waals surface area (Å²) in [5.74, 6) is 0. The van der Waals surface area contributed by atoms with Gasteiger partial charge in [0.15, 0.2) is 6.29 Å². The number of ether oxygens (including phenoxy) is 2. The molecule has 1 atom stereocenters. The summed E-state index contributed by atoms with van der Waals surface area (Å²) in [6.45, 7) is 5.54. The molecule has 86 valence electrons. The van der Waals surface area contributed by atoms with Crippen molar-refractivity contribution in [1.82, 2.24) is 0 Å². The SMILES string of the molecule is [Br-].[CH2-]CCCCCOC1CCCCO1.[Mg+2]. The molecule has 2 nitrogen and oxygen atoms in total. The molecule has 0 saturated carbocycles. The van der Waals surface area contributed by atoms with Gasteiger partial charge in [-0.3, -0.25) is 0 Å². The van der Waals surface area contributed by atoms with Gasteiger partial charge in [-0.2, -0.15) is 6.42 Å². The molecule has 15 heavy (non-hydrogen) atoms. The van der Waals surface area contributed by atoms with Gasteiger partial charge in [0.2, 0.25) is 0 Å². The molecule has 0 spiro atoms. The first kappa shape index (κ1) is 18.5. The van der Waals surface area contributed by atoms with Crippen LogP contribution in [-0.4, -0.2) is 42.6 Å².